The van der Waals surface area contributed by atoms with Gasteiger partial charge in [-0.2, -0.15) is 0 Å². The first-order valence-electron chi connectivity index (χ1n) is 5.41. The van der Waals surface area contributed by atoms with Gasteiger partial charge in [0.2, 0.25) is 0 Å². The molecule has 0 atom stereocenters. The zero-order valence-corrected chi connectivity index (χ0v) is 10.9. The van der Waals surface area contributed by atoms with E-state index in [4.69, 9.17) is 5.73 Å². The van der Waals surface area contributed by atoms with Gasteiger partial charge in [-0.25, -0.2) is 4.39 Å². The predicted molar refractivity (Wildman–Crippen MR) is 72.6 cm³/mol. The maximum atomic E-state index is 13.3. The summed E-state index contributed by atoms with van der Waals surface area (Å²) in [7, 11) is 0. The molecular weight excluding hydrogens is 251 g/mol. The molecule has 1 heterocycles. The van der Waals surface area contributed by atoms with Crippen LogP contribution in [-0.2, 0) is 0 Å². The molecule has 0 aliphatic heterocycles. The zero-order valence-electron chi connectivity index (χ0n) is 10.1. The van der Waals surface area contributed by atoms with Gasteiger partial charge in [-0.1, -0.05) is 6.07 Å². The molecule has 1 aromatic carbocycles. The van der Waals surface area contributed by atoms with Crippen LogP contribution in [0, 0.1) is 19.7 Å². The largest absolute Gasteiger partial charge is 0.398 e. The Hall–Kier alpha value is -1.88. The first-order valence-corrected chi connectivity index (χ1v) is 6.23. The van der Waals surface area contributed by atoms with Crippen LogP contribution in [0.25, 0.3) is 0 Å². The van der Waals surface area contributed by atoms with Crippen molar-refractivity contribution in [1.82, 2.24) is 0 Å². The Labute approximate surface area is 108 Å². The van der Waals surface area contributed by atoms with Crippen molar-refractivity contribution < 1.29 is 9.18 Å². The summed E-state index contributed by atoms with van der Waals surface area (Å²) in [5.41, 5.74) is 7.19. The van der Waals surface area contributed by atoms with Gasteiger partial charge in [0.25, 0.3) is 5.91 Å². The number of halogens is 1. The van der Waals surface area contributed by atoms with Crippen molar-refractivity contribution in [1.29, 1.82) is 0 Å². The molecule has 94 valence electrons. The molecule has 0 radical (unpaired) electrons. The number of hydrogen-bond donors (Lipinski definition) is 2. The normalized spacial score (nSPS) is 10.4. The second-order valence-corrected chi connectivity index (χ2v) is 5.25. The highest BCUT2D eigenvalue weighted by atomic mass is 32.1. The fourth-order valence-corrected chi connectivity index (χ4v) is 2.37. The Morgan fingerprint density at radius 1 is 1.39 bits per heavy atom. The van der Waals surface area contributed by atoms with E-state index in [1.54, 1.807) is 25.1 Å². The average molecular weight is 264 g/mol. The van der Waals surface area contributed by atoms with Crippen LogP contribution in [0.4, 0.5) is 15.8 Å². The molecule has 5 heteroatoms. The molecule has 0 aliphatic rings. The summed E-state index contributed by atoms with van der Waals surface area (Å²) < 4.78 is 13.3. The summed E-state index contributed by atoms with van der Waals surface area (Å²) in [6, 6.07) is 6.22. The summed E-state index contributed by atoms with van der Waals surface area (Å²) in [5.74, 6) is -0.608. The van der Waals surface area contributed by atoms with Crippen molar-refractivity contribution in [3.05, 3.63) is 45.4 Å². The van der Waals surface area contributed by atoms with E-state index < -0.39 is 0 Å². The van der Waals surface area contributed by atoms with Gasteiger partial charge >= 0.3 is 0 Å². The number of thiophene rings is 1. The lowest BCUT2D eigenvalue weighted by atomic mass is 10.2. The molecule has 0 bridgehead atoms. The molecule has 2 rings (SSSR count). The topological polar surface area (TPSA) is 55.1 Å². The maximum absolute atomic E-state index is 13.3. The third-order valence-electron chi connectivity index (χ3n) is 2.70. The second-order valence-electron chi connectivity index (χ2n) is 3.99. The summed E-state index contributed by atoms with van der Waals surface area (Å²) in [6.45, 7) is 3.48. The van der Waals surface area contributed by atoms with Gasteiger partial charge in [0.05, 0.1) is 4.88 Å². The van der Waals surface area contributed by atoms with Crippen LogP contribution < -0.4 is 11.1 Å². The molecule has 0 unspecified atom stereocenters. The van der Waals surface area contributed by atoms with Crippen LogP contribution in [-0.4, -0.2) is 5.91 Å². The van der Waals surface area contributed by atoms with E-state index >= 15 is 0 Å². The van der Waals surface area contributed by atoms with Crippen molar-refractivity contribution in [2.45, 2.75) is 13.8 Å². The number of anilines is 2. The quantitative estimate of drug-likeness (QED) is 0.874. The number of carbonyl (C=O) groups excluding carboxylic acids is 1. The predicted octanol–water partition coefficient (Wildman–Crippen LogP) is 3.34. The minimum Gasteiger partial charge on any atom is -0.398 e. The monoisotopic (exact) mass is 264 g/mol. The number of carbonyl (C=O) groups is 1. The molecule has 0 saturated carbocycles. The van der Waals surface area contributed by atoms with Gasteiger partial charge < -0.3 is 11.1 Å². The van der Waals surface area contributed by atoms with Crippen molar-refractivity contribution in [3.8, 4) is 0 Å². The first kappa shape index (κ1) is 12.6. The van der Waals surface area contributed by atoms with Crippen LogP contribution in [0.1, 0.15) is 20.1 Å². The van der Waals surface area contributed by atoms with Crippen molar-refractivity contribution in [2.24, 2.45) is 0 Å². The Bertz CT molecular complexity index is 588. The fraction of sp³-hybridized carbons (Fsp3) is 0.154. The van der Waals surface area contributed by atoms with E-state index in [0.29, 0.717) is 21.8 Å². The molecule has 2 aromatic rings. The summed E-state index contributed by atoms with van der Waals surface area (Å²) in [5, 5.41) is 2.68. The highest BCUT2D eigenvalue weighted by Crippen LogP contribution is 2.25. The Morgan fingerprint density at radius 3 is 2.72 bits per heavy atom. The van der Waals surface area contributed by atoms with Crippen LogP contribution in [0.5, 0.6) is 0 Å². The molecule has 3 N–H and O–H groups in total. The maximum Gasteiger partial charge on any atom is 0.265 e. The molecule has 0 saturated heterocycles. The van der Waals surface area contributed by atoms with E-state index in [0.717, 1.165) is 4.88 Å². The van der Waals surface area contributed by atoms with Crippen LogP contribution >= 0.6 is 11.3 Å². The number of aryl methyl sites for hydroxylation is 1. The lowest BCUT2D eigenvalue weighted by Crippen LogP contribution is -2.11. The SMILES string of the molecule is Cc1sc(C(=O)Nc2cccc(F)c2C)cc1N. The number of nitrogens with one attached hydrogen (secondary N) is 1. The summed E-state index contributed by atoms with van der Waals surface area (Å²) in [6.07, 6.45) is 0. The molecule has 0 aliphatic carbocycles. The number of rotatable bonds is 2. The third-order valence-corrected chi connectivity index (χ3v) is 3.76. The number of amides is 1. The average Bonchev–Trinajstić information content (AvgIpc) is 2.66. The van der Waals surface area contributed by atoms with Gasteiger partial charge in [0, 0.05) is 21.8 Å². The highest BCUT2D eigenvalue weighted by molar-refractivity contribution is 7.14. The second kappa shape index (κ2) is 4.78. The van der Waals surface area contributed by atoms with Gasteiger partial charge in [-0.15, -0.1) is 11.3 Å². The highest BCUT2D eigenvalue weighted by Gasteiger charge is 2.13. The van der Waals surface area contributed by atoms with E-state index in [-0.39, 0.29) is 11.7 Å². The van der Waals surface area contributed by atoms with E-state index in [9.17, 15) is 9.18 Å². The molecule has 3 nitrogen and oxygen atoms in total. The molecular formula is C13H13FN2OS. The summed E-state index contributed by atoms with van der Waals surface area (Å²) >= 11 is 1.32. The van der Waals surface area contributed by atoms with Crippen LogP contribution in [0.2, 0.25) is 0 Å². The Morgan fingerprint density at radius 2 is 2.11 bits per heavy atom. The van der Waals surface area contributed by atoms with Crippen LogP contribution in [0.3, 0.4) is 0 Å². The number of nitrogens with two attached hydrogens (primary N) is 1. The minimum absolute atomic E-state index is 0.270. The smallest absolute Gasteiger partial charge is 0.265 e. The van der Waals surface area contributed by atoms with Gasteiger partial charge in [-0.3, -0.25) is 4.79 Å². The number of benzene rings is 1. The Balaban J connectivity index is 2.24. The van der Waals surface area contributed by atoms with Gasteiger partial charge in [-0.05, 0) is 32.0 Å². The zero-order chi connectivity index (χ0) is 13.3. The van der Waals surface area contributed by atoms with Crippen molar-refractivity contribution in [2.75, 3.05) is 11.1 Å². The lowest BCUT2D eigenvalue weighted by molar-refractivity contribution is 0.103. The van der Waals surface area contributed by atoms with Gasteiger partial charge in [0.1, 0.15) is 5.82 Å². The fourth-order valence-electron chi connectivity index (χ4n) is 1.53. The van der Waals surface area contributed by atoms with E-state index in [1.807, 2.05) is 6.92 Å². The number of nitrogen functional groups attached to an aromatic ring is 1. The molecule has 0 fully saturated rings. The standard InChI is InChI=1S/C13H13FN2OS/c1-7-9(14)4-3-5-11(7)16-13(17)12-6-10(15)8(2)18-12/h3-6H,15H2,1-2H3,(H,16,17). The van der Waals surface area contributed by atoms with Crippen molar-refractivity contribution >= 4 is 28.6 Å². The van der Waals surface area contributed by atoms with E-state index in [2.05, 4.69) is 5.32 Å². The lowest BCUT2D eigenvalue weighted by Gasteiger charge is -2.07. The minimum atomic E-state index is -0.338. The number of hydrogen-bond acceptors (Lipinski definition) is 3. The first-order chi connectivity index (χ1) is 8.49. The Kier molecular flexibility index (Phi) is 3.34. The summed E-state index contributed by atoms with van der Waals surface area (Å²) in [4.78, 5) is 13.4. The molecule has 18 heavy (non-hydrogen) atoms. The third kappa shape index (κ3) is 2.36. The van der Waals surface area contributed by atoms with Crippen molar-refractivity contribution in [3.63, 3.8) is 0 Å². The van der Waals surface area contributed by atoms with Crippen LogP contribution in [0.15, 0.2) is 24.3 Å². The molecule has 1 amide bonds. The molecule has 0 spiro atoms. The molecule has 1 aromatic heterocycles. The van der Waals surface area contributed by atoms with Gasteiger partial charge in [0.15, 0.2) is 0 Å². The van der Waals surface area contributed by atoms with E-state index in [1.165, 1.54) is 17.4 Å².